The number of hydrogen-bond donors (Lipinski definition) is 1. The van der Waals surface area contributed by atoms with Gasteiger partial charge in [0.1, 0.15) is 41.1 Å². The van der Waals surface area contributed by atoms with E-state index in [0.29, 0.717) is 27.8 Å². The quantitative estimate of drug-likeness (QED) is 0.113. The lowest BCUT2D eigenvalue weighted by molar-refractivity contribution is -0.174. The third kappa shape index (κ3) is 9.75. The summed E-state index contributed by atoms with van der Waals surface area (Å²) in [6.45, 7) is 10.5. The summed E-state index contributed by atoms with van der Waals surface area (Å²) in [5, 5.41) is 11.5. The average molecular weight is 840 g/mol. The van der Waals surface area contributed by atoms with Crippen LogP contribution in [0.2, 0.25) is 0 Å². The highest BCUT2D eigenvalue weighted by Gasteiger charge is 2.51. The molecule has 0 radical (unpaired) electrons. The van der Waals surface area contributed by atoms with Gasteiger partial charge >= 0.3 is 24.1 Å². The minimum Gasteiger partial charge on any atom is -0.506 e. The van der Waals surface area contributed by atoms with Crippen molar-refractivity contribution in [2.24, 2.45) is 0 Å². The fraction of sp³-hybridized carbons (Fsp3) is 0.340. The number of benzene rings is 4. The number of rotatable bonds is 9. The Hall–Kier alpha value is -6.69. The van der Waals surface area contributed by atoms with Gasteiger partial charge in [-0.2, -0.15) is 0 Å². The lowest BCUT2D eigenvalue weighted by atomic mass is 9.88. The molecule has 0 bridgehead atoms. The van der Waals surface area contributed by atoms with Gasteiger partial charge in [0.05, 0.1) is 6.20 Å². The van der Waals surface area contributed by atoms with E-state index in [9.17, 15) is 24.3 Å². The first-order chi connectivity index (χ1) is 29.6. The summed E-state index contributed by atoms with van der Waals surface area (Å²) in [6, 6.07) is 33.2. The number of nitrogens with zero attached hydrogens (tertiary/aromatic N) is 3. The van der Waals surface area contributed by atoms with Gasteiger partial charge in [-0.25, -0.2) is 19.2 Å². The van der Waals surface area contributed by atoms with Crippen molar-refractivity contribution in [3.63, 3.8) is 0 Å². The first-order valence-electron chi connectivity index (χ1n) is 20.9. The molecule has 4 aromatic carbocycles. The molecule has 12 nitrogen and oxygen atoms in total. The van der Waals surface area contributed by atoms with E-state index in [0.717, 1.165) is 5.56 Å². The lowest BCUT2D eigenvalue weighted by Gasteiger charge is -2.46. The molecule has 0 unspecified atom stereocenters. The highest BCUT2D eigenvalue weighted by atomic mass is 16.6. The molecular weight excluding hydrogens is 787 g/mol. The van der Waals surface area contributed by atoms with E-state index in [1.54, 1.807) is 47.7 Å². The number of aromatic hydroxyl groups is 1. The zero-order valence-electron chi connectivity index (χ0n) is 35.8. The molecule has 1 N–H and O–H groups in total. The van der Waals surface area contributed by atoms with Gasteiger partial charge in [-0.3, -0.25) is 14.8 Å². The van der Waals surface area contributed by atoms with Gasteiger partial charge in [-0.15, -0.1) is 0 Å². The third-order valence-electron chi connectivity index (χ3n) is 10.8. The summed E-state index contributed by atoms with van der Waals surface area (Å²) >= 11 is 0. The molecule has 2 aliphatic rings. The SMILES string of the molecule is CC(C)(C)OC(=O)N1[C@@H](CCc2cncc(O)c2C[C@H]2C(=O)O[C@H](c3ccccc3)[C@H](c3ccccc3)N2C(=O)OC(C)(C)C)C(=O)O[C@H](c2ccccc2)[C@@H]1c1ccccc1. The zero-order valence-corrected chi connectivity index (χ0v) is 35.8. The van der Waals surface area contributed by atoms with Gasteiger partial charge in [0.15, 0.2) is 12.2 Å². The molecule has 0 saturated carbocycles. The molecule has 2 amide bonds. The smallest absolute Gasteiger partial charge is 0.411 e. The van der Waals surface area contributed by atoms with E-state index >= 15 is 0 Å². The molecule has 12 heteroatoms. The first kappa shape index (κ1) is 43.4. The molecule has 1 aromatic heterocycles. The highest BCUT2D eigenvalue weighted by Crippen LogP contribution is 2.46. The van der Waals surface area contributed by atoms with Crippen LogP contribution in [0.1, 0.15) is 106 Å². The number of carbonyl (C=O) groups is 4. The van der Waals surface area contributed by atoms with E-state index < -0.39 is 71.7 Å². The van der Waals surface area contributed by atoms with Crippen LogP contribution >= 0.6 is 0 Å². The van der Waals surface area contributed by atoms with Crippen molar-refractivity contribution in [2.75, 3.05) is 0 Å². The van der Waals surface area contributed by atoms with Crippen LogP contribution in [0.15, 0.2) is 134 Å². The van der Waals surface area contributed by atoms with Crippen molar-refractivity contribution in [1.82, 2.24) is 14.8 Å². The van der Waals surface area contributed by atoms with Crippen LogP contribution in [0.5, 0.6) is 5.75 Å². The molecule has 5 aromatic rings. The number of aryl methyl sites for hydroxylation is 1. The Bertz CT molecular complexity index is 2350. The first-order valence-corrected chi connectivity index (χ1v) is 20.9. The monoisotopic (exact) mass is 839 g/mol. The number of morpholine rings is 2. The van der Waals surface area contributed by atoms with Crippen molar-refractivity contribution in [1.29, 1.82) is 0 Å². The second-order valence-corrected chi connectivity index (χ2v) is 17.6. The maximum absolute atomic E-state index is 14.5. The zero-order chi connectivity index (χ0) is 44.2. The number of hydrogen-bond acceptors (Lipinski definition) is 10. The largest absolute Gasteiger partial charge is 0.506 e. The Morgan fingerprint density at radius 1 is 0.597 bits per heavy atom. The van der Waals surface area contributed by atoms with Crippen molar-refractivity contribution < 1.29 is 43.2 Å². The lowest BCUT2D eigenvalue weighted by Crippen LogP contribution is -2.56. The predicted molar refractivity (Wildman–Crippen MR) is 231 cm³/mol. The van der Waals surface area contributed by atoms with Crippen LogP contribution in [-0.2, 0) is 41.4 Å². The summed E-state index contributed by atoms with van der Waals surface area (Å²) in [4.78, 5) is 64.6. The van der Waals surface area contributed by atoms with E-state index in [4.69, 9.17) is 18.9 Å². The maximum atomic E-state index is 14.5. The predicted octanol–water partition coefficient (Wildman–Crippen LogP) is 9.55. The second-order valence-electron chi connectivity index (χ2n) is 17.6. The Morgan fingerprint density at radius 3 is 1.40 bits per heavy atom. The number of ether oxygens (including phenoxy) is 4. The number of aromatic nitrogens is 1. The molecule has 7 rings (SSSR count). The van der Waals surface area contributed by atoms with E-state index in [-0.39, 0.29) is 25.0 Å². The fourth-order valence-electron chi connectivity index (χ4n) is 8.20. The van der Waals surface area contributed by atoms with E-state index in [2.05, 4.69) is 4.98 Å². The Labute approximate surface area is 362 Å². The Kier molecular flexibility index (Phi) is 12.7. The van der Waals surface area contributed by atoms with Gasteiger partial charge in [0, 0.05) is 18.2 Å². The van der Waals surface area contributed by atoms with Crippen molar-refractivity contribution in [3.8, 4) is 5.75 Å². The molecule has 0 aliphatic carbocycles. The molecule has 2 aliphatic heterocycles. The molecule has 3 heterocycles. The van der Waals surface area contributed by atoms with Gasteiger partial charge in [-0.1, -0.05) is 121 Å². The maximum Gasteiger partial charge on any atom is 0.411 e. The number of cyclic esters (lactones) is 2. The summed E-state index contributed by atoms with van der Waals surface area (Å²) in [5.41, 5.74) is 1.85. The molecule has 2 fully saturated rings. The van der Waals surface area contributed by atoms with Gasteiger partial charge < -0.3 is 24.1 Å². The molecule has 0 spiro atoms. The average Bonchev–Trinajstić information content (AvgIpc) is 3.24. The summed E-state index contributed by atoms with van der Waals surface area (Å²) in [6.07, 6.45) is -0.372. The van der Waals surface area contributed by atoms with Crippen molar-refractivity contribution in [2.45, 2.75) is 108 Å². The van der Waals surface area contributed by atoms with Gasteiger partial charge in [-0.05, 0) is 82.2 Å². The van der Waals surface area contributed by atoms with Crippen molar-refractivity contribution in [3.05, 3.63) is 167 Å². The normalized spacial score (nSPS) is 21.7. The topological polar surface area (TPSA) is 145 Å². The molecule has 62 heavy (non-hydrogen) atoms. The van der Waals surface area contributed by atoms with Crippen LogP contribution in [0.3, 0.4) is 0 Å². The van der Waals surface area contributed by atoms with Gasteiger partial charge in [0.2, 0.25) is 0 Å². The van der Waals surface area contributed by atoms with Gasteiger partial charge in [0.25, 0.3) is 0 Å². The number of esters is 2. The number of pyridine rings is 1. The van der Waals surface area contributed by atoms with Crippen LogP contribution < -0.4 is 0 Å². The standard InChI is InChI=1S/C50H53N3O9/c1-49(2,3)61-47(57)52-38(45(55)59-43(34-23-15-9-16-24-34)41(52)32-19-11-7-12-20-32)28-27-36-30-51-31-40(54)37(36)29-39-46(56)60-44(35-25-17-10-18-26-35)42(33-21-13-8-14-22-33)53(39)48(58)62-50(4,5)6/h7-26,30-31,38-39,41-44,54H,27-29H2,1-6H3/t38-,39-,41-,42-,43+,44+/m0/s1. The number of amides is 2. The van der Waals surface area contributed by atoms with Crippen LogP contribution in [0.4, 0.5) is 9.59 Å². The van der Waals surface area contributed by atoms with Crippen LogP contribution in [0.25, 0.3) is 0 Å². The minimum absolute atomic E-state index is 0.0364. The van der Waals surface area contributed by atoms with Crippen molar-refractivity contribution >= 4 is 24.1 Å². The Morgan fingerprint density at radius 2 is 0.984 bits per heavy atom. The molecule has 2 saturated heterocycles. The van der Waals surface area contributed by atoms with Crippen LogP contribution in [0, 0.1) is 0 Å². The minimum atomic E-state index is -1.26. The molecular formula is C50H53N3O9. The van der Waals surface area contributed by atoms with E-state index in [1.165, 1.54) is 16.0 Å². The number of carbonyl (C=O) groups excluding carboxylic acids is 4. The summed E-state index contributed by atoms with van der Waals surface area (Å²) < 4.78 is 24.5. The third-order valence-corrected chi connectivity index (χ3v) is 10.8. The fourth-order valence-corrected chi connectivity index (χ4v) is 8.20. The Balaban J connectivity index is 1.26. The second kappa shape index (κ2) is 18.1. The van der Waals surface area contributed by atoms with E-state index in [1.807, 2.05) is 121 Å². The van der Waals surface area contributed by atoms with Crippen LogP contribution in [-0.4, -0.2) is 67.3 Å². The summed E-state index contributed by atoms with van der Waals surface area (Å²) in [7, 11) is 0. The highest BCUT2D eigenvalue weighted by molar-refractivity contribution is 5.85. The molecule has 6 atom stereocenters. The molecule has 322 valence electrons. The summed E-state index contributed by atoms with van der Waals surface area (Å²) in [5.74, 6) is -1.54.